The average Bonchev–Trinajstić information content (AvgIpc) is 2.89. The van der Waals surface area contributed by atoms with Crippen LogP contribution in [0, 0.1) is 5.92 Å². The monoisotopic (exact) mass is 262 g/mol. The summed E-state index contributed by atoms with van der Waals surface area (Å²) in [6.45, 7) is 4.40. The molecular weight excluding hydrogens is 244 g/mol. The first-order valence-corrected chi connectivity index (χ1v) is 6.88. The zero-order valence-electron chi connectivity index (χ0n) is 10.8. The molecule has 0 fully saturated rings. The van der Waals surface area contributed by atoms with Crippen LogP contribution in [0.4, 0.5) is 11.6 Å². The fourth-order valence-electron chi connectivity index (χ4n) is 1.75. The fourth-order valence-corrected chi connectivity index (χ4v) is 2.70. The Morgan fingerprint density at radius 3 is 2.61 bits per heavy atom. The lowest BCUT2D eigenvalue weighted by Crippen LogP contribution is -2.16. The lowest BCUT2D eigenvalue weighted by atomic mass is 10.0. The minimum atomic E-state index is 0.270. The lowest BCUT2D eigenvalue weighted by molar-refractivity contribution is 0.552. The van der Waals surface area contributed by atoms with E-state index in [1.54, 1.807) is 23.7 Å². The van der Waals surface area contributed by atoms with Gasteiger partial charge in [-0.3, -0.25) is 4.98 Å². The zero-order valence-corrected chi connectivity index (χ0v) is 11.7. The molecule has 18 heavy (non-hydrogen) atoms. The Balaban J connectivity index is 2.18. The minimum Gasteiger partial charge on any atom is -0.372 e. The van der Waals surface area contributed by atoms with Crippen molar-refractivity contribution in [2.24, 2.45) is 5.92 Å². The van der Waals surface area contributed by atoms with Gasteiger partial charge in [0.05, 0.1) is 18.4 Å². The predicted molar refractivity (Wildman–Crippen MR) is 77.1 cm³/mol. The first-order valence-electron chi connectivity index (χ1n) is 6.00. The molecule has 1 atom stereocenters. The van der Waals surface area contributed by atoms with E-state index >= 15 is 0 Å². The third kappa shape index (κ3) is 2.98. The van der Waals surface area contributed by atoms with Crippen LogP contribution in [0.1, 0.15) is 24.8 Å². The van der Waals surface area contributed by atoms with Crippen LogP contribution in [0.15, 0.2) is 29.9 Å². The number of aromatic nitrogens is 2. The summed E-state index contributed by atoms with van der Waals surface area (Å²) in [5.74, 6) is 2.06. The highest BCUT2D eigenvalue weighted by molar-refractivity contribution is 7.10. The fraction of sp³-hybridized carbons (Fsp3) is 0.385. The van der Waals surface area contributed by atoms with Crippen molar-refractivity contribution in [3.05, 3.63) is 34.8 Å². The number of hydrogen-bond donors (Lipinski definition) is 2. The van der Waals surface area contributed by atoms with Gasteiger partial charge in [-0.25, -0.2) is 4.98 Å². The Bertz CT molecular complexity index is 481. The summed E-state index contributed by atoms with van der Waals surface area (Å²) >= 11 is 1.76. The summed E-state index contributed by atoms with van der Waals surface area (Å²) in [4.78, 5) is 9.93. The highest BCUT2D eigenvalue weighted by atomic mass is 32.1. The maximum absolute atomic E-state index is 4.44. The van der Waals surface area contributed by atoms with Gasteiger partial charge in [-0.2, -0.15) is 0 Å². The van der Waals surface area contributed by atoms with Gasteiger partial charge in [-0.05, 0) is 17.4 Å². The van der Waals surface area contributed by atoms with Crippen LogP contribution in [-0.4, -0.2) is 17.0 Å². The van der Waals surface area contributed by atoms with Gasteiger partial charge >= 0.3 is 0 Å². The van der Waals surface area contributed by atoms with Crippen LogP contribution in [0.2, 0.25) is 0 Å². The predicted octanol–water partition coefficient (Wildman–Crippen LogP) is 3.39. The second-order valence-corrected chi connectivity index (χ2v) is 5.40. The molecule has 0 aromatic carbocycles. The summed E-state index contributed by atoms with van der Waals surface area (Å²) in [6, 6.07) is 4.50. The number of nitrogens with zero attached hydrogens (tertiary/aromatic N) is 2. The molecule has 2 rings (SSSR count). The maximum Gasteiger partial charge on any atom is 0.147 e. The van der Waals surface area contributed by atoms with Crippen LogP contribution in [-0.2, 0) is 0 Å². The van der Waals surface area contributed by atoms with Crippen molar-refractivity contribution in [2.45, 2.75) is 19.9 Å². The summed E-state index contributed by atoms with van der Waals surface area (Å²) < 4.78 is 0. The highest BCUT2D eigenvalue weighted by Gasteiger charge is 2.17. The van der Waals surface area contributed by atoms with Crippen LogP contribution in [0.25, 0.3) is 0 Å². The van der Waals surface area contributed by atoms with E-state index in [2.05, 4.69) is 52.0 Å². The van der Waals surface area contributed by atoms with Crippen molar-refractivity contribution >= 4 is 23.0 Å². The lowest BCUT2D eigenvalue weighted by Gasteiger charge is -2.21. The molecule has 0 aliphatic carbocycles. The molecule has 2 heterocycles. The van der Waals surface area contributed by atoms with Crippen LogP contribution in [0.3, 0.4) is 0 Å². The summed E-state index contributed by atoms with van der Waals surface area (Å²) in [5.41, 5.74) is 0. The van der Waals surface area contributed by atoms with Gasteiger partial charge in [-0.15, -0.1) is 11.3 Å². The van der Waals surface area contributed by atoms with Gasteiger partial charge in [-0.1, -0.05) is 19.9 Å². The molecule has 2 aromatic heterocycles. The molecule has 0 bridgehead atoms. The van der Waals surface area contributed by atoms with E-state index in [9.17, 15) is 0 Å². The van der Waals surface area contributed by atoms with Crippen molar-refractivity contribution in [2.75, 3.05) is 17.7 Å². The quantitative estimate of drug-likeness (QED) is 0.867. The van der Waals surface area contributed by atoms with E-state index in [0.717, 1.165) is 11.6 Å². The molecule has 0 radical (unpaired) electrons. The number of hydrogen-bond acceptors (Lipinski definition) is 5. The molecule has 5 heteroatoms. The number of nitrogens with one attached hydrogen (secondary N) is 2. The Hall–Kier alpha value is -1.62. The molecule has 0 amide bonds. The summed E-state index contributed by atoms with van der Waals surface area (Å²) in [6.07, 6.45) is 3.46. The smallest absolute Gasteiger partial charge is 0.147 e. The zero-order chi connectivity index (χ0) is 13.0. The standard InChI is InChI=1S/C13H18N4S/c1-9(2)13(10-5-4-6-18-10)17-12-8-15-7-11(14-3)16-12/h4-9,13H,1-3H3,(H2,14,16,17). The minimum absolute atomic E-state index is 0.270. The van der Waals surface area contributed by atoms with Crippen molar-refractivity contribution in [3.63, 3.8) is 0 Å². The van der Waals surface area contributed by atoms with E-state index in [-0.39, 0.29) is 6.04 Å². The topological polar surface area (TPSA) is 49.8 Å². The second-order valence-electron chi connectivity index (χ2n) is 4.42. The van der Waals surface area contributed by atoms with Crippen LogP contribution >= 0.6 is 11.3 Å². The van der Waals surface area contributed by atoms with Gasteiger partial charge in [0, 0.05) is 11.9 Å². The van der Waals surface area contributed by atoms with Gasteiger partial charge in [0.1, 0.15) is 11.6 Å². The van der Waals surface area contributed by atoms with Gasteiger partial charge in [0.15, 0.2) is 0 Å². The molecular formula is C13H18N4S. The summed E-state index contributed by atoms with van der Waals surface area (Å²) in [5, 5.41) is 8.55. The largest absolute Gasteiger partial charge is 0.372 e. The van der Waals surface area contributed by atoms with E-state index in [1.165, 1.54) is 4.88 Å². The van der Waals surface area contributed by atoms with Crippen molar-refractivity contribution in [1.82, 2.24) is 9.97 Å². The average molecular weight is 262 g/mol. The molecule has 96 valence electrons. The summed E-state index contributed by atoms with van der Waals surface area (Å²) in [7, 11) is 1.84. The first kappa shape index (κ1) is 12.8. The molecule has 0 aliphatic heterocycles. The Labute approximate surface area is 111 Å². The van der Waals surface area contributed by atoms with Gasteiger partial charge in [0.2, 0.25) is 0 Å². The van der Waals surface area contributed by atoms with E-state index < -0.39 is 0 Å². The van der Waals surface area contributed by atoms with Gasteiger partial charge < -0.3 is 10.6 Å². The van der Waals surface area contributed by atoms with E-state index in [0.29, 0.717) is 5.92 Å². The first-order chi connectivity index (χ1) is 8.70. The van der Waals surface area contributed by atoms with E-state index in [1.807, 2.05) is 7.05 Å². The maximum atomic E-state index is 4.44. The molecule has 2 aromatic rings. The molecule has 0 aliphatic rings. The SMILES string of the molecule is CNc1cncc(NC(c2cccs2)C(C)C)n1. The number of anilines is 2. The van der Waals surface area contributed by atoms with Gasteiger partial charge in [0.25, 0.3) is 0 Å². The van der Waals surface area contributed by atoms with Crippen molar-refractivity contribution < 1.29 is 0 Å². The Kier molecular flexibility index (Phi) is 4.15. The second kappa shape index (κ2) is 5.82. The number of thiophene rings is 1. The third-order valence-electron chi connectivity index (χ3n) is 2.71. The van der Waals surface area contributed by atoms with Crippen molar-refractivity contribution in [3.8, 4) is 0 Å². The molecule has 0 spiro atoms. The molecule has 0 saturated heterocycles. The normalized spacial score (nSPS) is 12.4. The molecule has 4 nitrogen and oxygen atoms in total. The molecule has 2 N–H and O–H groups in total. The van der Waals surface area contributed by atoms with E-state index in [4.69, 9.17) is 0 Å². The number of rotatable bonds is 5. The highest BCUT2D eigenvalue weighted by Crippen LogP contribution is 2.29. The van der Waals surface area contributed by atoms with Crippen LogP contribution in [0.5, 0.6) is 0 Å². The van der Waals surface area contributed by atoms with Crippen molar-refractivity contribution in [1.29, 1.82) is 0 Å². The molecule has 0 saturated carbocycles. The van der Waals surface area contributed by atoms with Crippen LogP contribution < -0.4 is 10.6 Å². The molecule has 1 unspecified atom stereocenters. The third-order valence-corrected chi connectivity index (χ3v) is 3.67. The Morgan fingerprint density at radius 2 is 2.00 bits per heavy atom. The Morgan fingerprint density at radius 1 is 1.22 bits per heavy atom.